The number of amides is 1. The fourth-order valence-electron chi connectivity index (χ4n) is 2.00. The second-order valence-electron chi connectivity index (χ2n) is 4.75. The van der Waals surface area contributed by atoms with Gasteiger partial charge in [0.05, 0.1) is 4.92 Å². The topological polar surface area (TPSA) is 72.2 Å². The van der Waals surface area contributed by atoms with Gasteiger partial charge in [0, 0.05) is 16.2 Å². The minimum absolute atomic E-state index is 0.0534. The first-order valence-electron chi connectivity index (χ1n) is 6.20. The van der Waals surface area contributed by atoms with Crippen LogP contribution >= 0.6 is 15.9 Å². The Morgan fingerprint density at radius 1 is 1.14 bits per heavy atom. The van der Waals surface area contributed by atoms with Gasteiger partial charge in [-0.05, 0) is 49.2 Å². The molecule has 5 nitrogen and oxygen atoms in total. The molecule has 0 unspecified atom stereocenters. The van der Waals surface area contributed by atoms with Gasteiger partial charge in [-0.1, -0.05) is 22.0 Å². The zero-order chi connectivity index (χ0) is 15.6. The number of nitro groups is 1. The highest BCUT2D eigenvalue weighted by Gasteiger charge is 2.20. The van der Waals surface area contributed by atoms with Crippen molar-refractivity contribution in [3.63, 3.8) is 0 Å². The van der Waals surface area contributed by atoms with E-state index in [2.05, 4.69) is 21.2 Å². The number of nitrogens with one attached hydrogen (secondary N) is 1. The molecule has 2 aromatic rings. The van der Waals surface area contributed by atoms with Crippen LogP contribution in [0.5, 0.6) is 0 Å². The number of carbonyl (C=O) groups excluding carboxylic acids is 1. The fourth-order valence-corrected chi connectivity index (χ4v) is 2.61. The lowest BCUT2D eigenvalue weighted by Crippen LogP contribution is -2.14. The predicted molar refractivity (Wildman–Crippen MR) is 84.7 cm³/mol. The summed E-state index contributed by atoms with van der Waals surface area (Å²) in [7, 11) is 0. The van der Waals surface area contributed by atoms with Gasteiger partial charge in [-0.2, -0.15) is 0 Å². The standard InChI is InChI=1S/C15H13BrN2O3/c1-9-3-4-14(18(20)21)13(7-9)15(19)17-12-6-10(2)5-11(16)8-12/h3-8H,1-2H3,(H,17,19). The number of hydrogen-bond donors (Lipinski definition) is 1. The molecule has 0 saturated carbocycles. The molecule has 0 aliphatic carbocycles. The average molecular weight is 349 g/mol. The Morgan fingerprint density at radius 3 is 2.48 bits per heavy atom. The van der Waals surface area contributed by atoms with Gasteiger partial charge >= 0.3 is 0 Å². The molecule has 0 saturated heterocycles. The zero-order valence-electron chi connectivity index (χ0n) is 11.5. The molecule has 0 heterocycles. The molecular weight excluding hydrogens is 336 g/mol. The summed E-state index contributed by atoms with van der Waals surface area (Å²) >= 11 is 3.35. The smallest absolute Gasteiger partial charge is 0.282 e. The van der Waals surface area contributed by atoms with Crippen molar-refractivity contribution >= 4 is 33.2 Å². The van der Waals surface area contributed by atoms with Crippen molar-refractivity contribution < 1.29 is 9.72 Å². The molecule has 0 atom stereocenters. The van der Waals surface area contributed by atoms with E-state index in [4.69, 9.17) is 0 Å². The second-order valence-corrected chi connectivity index (χ2v) is 5.66. The first-order valence-corrected chi connectivity index (χ1v) is 6.99. The summed E-state index contributed by atoms with van der Waals surface area (Å²) in [5.74, 6) is -0.497. The Bertz CT molecular complexity index is 709. The molecule has 2 rings (SSSR count). The highest BCUT2D eigenvalue weighted by molar-refractivity contribution is 9.10. The molecule has 0 aliphatic heterocycles. The van der Waals surface area contributed by atoms with E-state index in [1.165, 1.54) is 12.1 Å². The summed E-state index contributed by atoms with van der Waals surface area (Å²) in [4.78, 5) is 22.7. The molecule has 1 N–H and O–H groups in total. The molecule has 0 aliphatic rings. The summed E-state index contributed by atoms with van der Waals surface area (Å²) in [5, 5.41) is 13.7. The second kappa shape index (κ2) is 6.05. The van der Waals surface area contributed by atoms with Gasteiger partial charge in [0.2, 0.25) is 0 Å². The van der Waals surface area contributed by atoms with Gasteiger partial charge in [-0.3, -0.25) is 14.9 Å². The van der Waals surface area contributed by atoms with Gasteiger partial charge < -0.3 is 5.32 Å². The number of nitrogens with zero attached hydrogens (tertiary/aromatic N) is 1. The number of carbonyl (C=O) groups is 1. The van der Waals surface area contributed by atoms with E-state index in [1.54, 1.807) is 25.1 Å². The third-order valence-electron chi connectivity index (χ3n) is 2.89. The number of nitro benzene ring substituents is 1. The minimum atomic E-state index is -0.555. The maximum atomic E-state index is 12.3. The van der Waals surface area contributed by atoms with Gasteiger partial charge in [0.25, 0.3) is 11.6 Å². The van der Waals surface area contributed by atoms with Crippen molar-refractivity contribution in [3.8, 4) is 0 Å². The predicted octanol–water partition coefficient (Wildman–Crippen LogP) is 4.23. The van der Waals surface area contributed by atoms with Crippen molar-refractivity contribution in [1.29, 1.82) is 0 Å². The molecule has 1 amide bonds. The van der Waals surface area contributed by atoms with Crippen molar-refractivity contribution in [3.05, 3.63) is 67.7 Å². The first-order chi connectivity index (χ1) is 9.86. The molecule has 0 fully saturated rings. The van der Waals surface area contributed by atoms with E-state index in [1.807, 2.05) is 13.0 Å². The van der Waals surface area contributed by atoms with Crippen LogP contribution in [0.4, 0.5) is 11.4 Å². The number of halogens is 1. The van der Waals surface area contributed by atoms with Gasteiger partial charge in [-0.25, -0.2) is 0 Å². The van der Waals surface area contributed by atoms with Crippen LogP contribution in [-0.2, 0) is 0 Å². The minimum Gasteiger partial charge on any atom is -0.322 e. The van der Waals surface area contributed by atoms with Crippen molar-refractivity contribution in [2.24, 2.45) is 0 Å². The summed E-state index contributed by atoms with van der Waals surface area (Å²) in [6, 6.07) is 9.91. The molecule has 0 aromatic heterocycles. The SMILES string of the molecule is Cc1cc(Br)cc(NC(=O)c2cc(C)ccc2[N+](=O)[O-])c1. The van der Waals surface area contributed by atoms with Crippen molar-refractivity contribution in [2.75, 3.05) is 5.32 Å². The molecule has 21 heavy (non-hydrogen) atoms. The molecule has 0 bridgehead atoms. The fraction of sp³-hybridized carbons (Fsp3) is 0.133. The van der Waals surface area contributed by atoms with Crippen LogP contribution in [-0.4, -0.2) is 10.8 Å². The van der Waals surface area contributed by atoms with E-state index < -0.39 is 10.8 Å². The number of aryl methyl sites for hydroxylation is 2. The Morgan fingerprint density at radius 2 is 1.86 bits per heavy atom. The Balaban J connectivity index is 2.36. The molecule has 0 spiro atoms. The van der Waals surface area contributed by atoms with Crippen LogP contribution in [0.2, 0.25) is 0 Å². The summed E-state index contributed by atoms with van der Waals surface area (Å²) in [5.41, 5.74) is 2.19. The molecule has 2 aromatic carbocycles. The van der Waals surface area contributed by atoms with Crippen LogP contribution in [0.25, 0.3) is 0 Å². The lowest BCUT2D eigenvalue weighted by atomic mass is 10.1. The van der Waals surface area contributed by atoms with E-state index in [9.17, 15) is 14.9 Å². The third-order valence-corrected chi connectivity index (χ3v) is 3.35. The highest BCUT2D eigenvalue weighted by atomic mass is 79.9. The molecule has 6 heteroatoms. The number of benzene rings is 2. The largest absolute Gasteiger partial charge is 0.322 e. The quantitative estimate of drug-likeness (QED) is 0.666. The van der Waals surface area contributed by atoms with Crippen LogP contribution in [0.3, 0.4) is 0 Å². The Labute approximate surface area is 130 Å². The summed E-state index contributed by atoms with van der Waals surface area (Å²) in [6.07, 6.45) is 0. The monoisotopic (exact) mass is 348 g/mol. The Hall–Kier alpha value is -2.21. The number of anilines is 1. The number of hydrogen-bond acceptors (Lipinski definition) is 3. The van der Waals surface area contributed by atoms with Gasteiger partial charge in [0.15, 0.2) is 0 Å². The molecular formula is C15H13BrN2O3. The van der Waals surface area contributed by atoms with Crippen molar-refractivity contribution in [2.45, 2.75) is 13.8 Å². The van der Waals surface area contributed by atoms with E-state index in [0.29, 0.717) is 5.69 Å². The molecule has 0 radical (unpaired) electrons. The Kier molecular flexibility index (Phi) is 4.37. The normalized spacial score (nSPS) is 10.2. The highest BCUT2D eigenvalue weighted by Crippen LogP contribution is 2.23. The van der Waals surface area contributed by atoms with Gasteiger partial charge in [0.1, 0.15) is 5.56 Å². The van der Waals surface area contributed by atoms with Crippen LogP contribution in [0.1, 0.15) is 21.5 Å². The molecule has 108 valence electrons. The van der Waals surface area contributed by atoms with E-state index in [-0.39, 0.29) is 11.3 Å². The third kappa shape index (κ3) is 3.66. The average Bonchev–Trinajstić information content (AvgIpc) is 2.36. The maximum Gasteiger partial charge on any atom is 0.282 e. The van der Waals surface area contributed by atoms with E-state index >= 15 is 0 Å². The van der Waals surface area contributed by atoms with Gasteiger partial charge in [-0.15, -0.1) is 0 Å². The zero-order valence-corrected chi connectivity index (χ0v) is 13.1. The number of rotatable bonds is 3. The van der Waals surface area contributed by atoms with Crippen LogP contribution in [0, 0.1) is 24.0 Å². The van der Waals surface area contributed by atoms with Crippen LogP contribution < -0.4 is 5.32 Å². The van der Waals surface area contributed by atoms with Crippen molar-refractivity contribution in [1.82, 2.24) is 0 Å². The van der Waals surface area contributed by atoms with E-state index in [0.717, 1.165) is 15.6 Å². The summed E-state index contributed by atoms with van der Waals surface area (Å²) in [6.45, 7) is 3.68. The summed E-state index contributed by atoms with van der Waals surface area (Å²) < 4.78 is 0.830. The lowest BCUT2D eigenvalue weighted by Gasteiger charge is -2.08. The maximum absolute atomic E-state index is 12.3. The van der Waals surface area contributed by atoms with Crippen LogP contribution in [0.15, 0.2) is 40.9 Å². The lowest BCUT2D eigenvalue weighted by molar-refractivity contribution is -0.385. The first kappa shape index (κ1) is 15.2.